The van der Waals surface area contributed by atoms with E-state index in [4.69, 9.17) is 0 Å². The fraction of sp³-hybridized carbons (Fsp3) is 0.667. The summed E-state index contributed by atoms with van der Waals surface area (Å²) in [6, 6.07) is 7.30. The van der Waals surface area contributed by atoms with Crippen LogP contribution in [0.25, 0.3) is 0 Å². The number of nitrogens with zero attached hydrogens (tertiary/aromatic N) is 6. The Hall–Kier alpha value is -1.66. The number of aromatic nitrogens is 4. The molecule has 156 valence electrons. The second-order valence-electron chi connectivity index (χ2n) is 8.53. The van der Waals surface area contributed by atoms with Crippen LogP contribution in [0.2, 0.25) is 0 Å². The molecule has 2 aromatic rings. The molecule has 1 aliphatic rings. The molecule has 1 aromatic heterocycles. The summed E-state index contributed by atoms with van der Waals surface area (Å²) in [5.74, 6) is 1.61. The molecule has 0 bridgehead atoms. The lowest BCUT2D eigenvalue weighted by Gasteiger charge is -2.41. The normalized spacial score (nSPS) is 16.5. The number of aryl methyl sites for hydroxylation is 2. The third-order valence-corrected chi connectivity index (χ3v) is 5.46. The van der Waals surface area contributed by atoms with Crippen molar-refractivity contribution in [1.29, 1.82) is 0 Å². The van der Waals surface area contributed by atoms with Crippen LogP contribution in [-0.4, -0.2) is 51.3 Å². The molecule has 2 heterocycles. The van der Waals surface area contributed by atoms with Crippen LogP contribution in [0, 0.1) is 19.8 Å². The molecule has 0 amide bonds. The predicted octanol–water partition coefficient (Wildman–Crippen LogP) is 4.20. The van der Waals surface area contributed by atoms with Crippen molar-refractivity contribution in [2.45, 2.75) is 60.0 Å². The lowest BCUT2D eigenvalue weighted by Crippen LogP contribution is -2.48. The summed E-state index contributed by atoms with van der Waals surface area (Å²) in [6.45, 7) is 17.4. The molecule has 1 unspecified atom stereocenters. The van der Waals surface area contributed by atoms with Gasteiger partial charge in [-0.05, 0) is 67.7 Å². The summed E-state index contributed by atoms with van der Waals surface area (Å²) in [6.07, 6.45) is 1.08. The number of hydrogen-bond acceptors (Lipinski definition) is 5. The van der Waals surface area contributed by atoms with Crippen molar-refractivity contribution in [3.63, 3.8) is 0 Å². The Kier molecular flexibility index (Phi) is 7.84. The van der Waals surface area contributed by atoms with Crippen molar-refractivity contribution in [3.05, 3.63) is 35.2 Å². The van der Waals surface area contributed by atoms with Crippen LogP contribution in [-0.2, 0) is 0 Å². The van der Waals surface area contributed by atoms with Gasteiger partial charge in [0.05, 0.1) is 12.1 Å². The number of tetrazole rings is 1. The molecule has 0 aliphatic carbocycles. The first kappa shape index (κ1) is 22.6. The Balaban J connectivity index is 0.00000280. The van der Waals surface area contributed by atoms with Gasteiger partial charge >= 0.3 is 0 Å². The molecule has 3 rings (SSSR count). The van der Waals surface area contributed by atoms with E-state index in [1.54, 1.807) is 0 Å². The lowest BCUT2D eigenvalue weighted by atomic mass is 10.0. The molecule has 1 fully saturated rings. The van der Waals surface area contributed by atoms with Crippen LogP contribution in [0.1, 0.15) is 63.2 Å². The minimum Gasteiger partial charge on any atom is -0.369 e. The van der Waals surface area contributed by atoms with E-state index >= 15 is 0 Å². The first-order valence-corrected chi connectivity index (χ1v) is 10.2. The topological polar surface area (TPSA) is 50.1 Å². The summed E-state index contributed by atoms with van der Waals surface area (Å²) in [5.41, 5.74) is 4.06. The Morgan fingerprint density at radius 2 is 1.68 bits per heavy atom. The zero-order chi connectivity index (χ0) is 19.6. The van der Waals surface area contributed by atoms with Crippen molar-refractivity contribution >= 4 is 18.1 Å². The van der Waals surface area contributed by atoms with Crippen LogP contribution in [0.5, 0.6) is 0 Å². The maximum Gasteiger partial charge on any atom is 0.168 e. The monoisotopic (exact) mass is 406 g/mol. The summed E-state index contributed by atoms with van der Waals surface area (Å²) in [4.78, 5) is 5.10. The molecule has 7 heteroatoms. The quantitative estimate of drug-likeness (QED) is 0.719. The van der Waals surface area contributed by atoms with Gasteiger partial charge in [-0.3, -0.25) is 4.90 Å². The standard InChI is InChI=1S/C21H34N6.ClH/c1-15(2)13-20(21-22-23-24-27(21)16(3)4)26-11-9-25(10-12-26)19-14-17(5)7-8-18(19)6;/h7-8,14-16,20H,9-13H2,1-6H3;1H. The second-order valence-corrected chi connectivity index (χ2v) is 8.53. The van der Waals surface area contributed by atoms with Gasteiger partial charge in [-0.15, -0.1) is 17.5 Å². The highest BCUT2D eigenvalue weighted by Gasteiger charge is 2.30. The molecule has 1 saturated heterocycles. The van der Waals surface area contributed by atoms with Gasteiger partial charge in [0.1, 0.15) is 0 Å². The maximum absolute atomic E-state index is 4.42. The molecule has 0 radical (unpaired) electrons. The average Bonchev–Trinajstić information content (AvgIpc) is 3.11. The smallest absolute Gasteiger partial charge is 0.168 e. The molecule has 0 saturated carbocycles. The van der Waals surface area contributed by atoms with E-state index in [1.807, 2.05) is 4.68 Å². The Labute approximate surface area is 175 Å². The first-order chi connectivity index (χ1) is 12.9. The predicted molar refractivity (Wildman–Crippen MR) is 117 cm³/mol. The largest absolute Gasteiger partial charge is 0.369 e. The Morgan fingerprint density at radius 1 is 1.00 bits per heavy atom. The highest BCUT2D eigenvalue weighted by molar-refractivity contribution is 5.85. The molecular weight excluding hydrogens is 372 g/mol. The fourth-order valence-electron chi connectivity index (χ4n) is 3.99. The van der Waals surface area contributed by atoms with Crippen LogP contribution in [0.3, 0.4) is 0 Å². The number of anilines is 1. The first-order valence-electron chi connectivity index (χ1n) is 10.2. The van der Waals surface area contributed by atoms with Gasteiger partial charge in [-0.2, -0.15) is 0 Å². The minimum absolute atomic E-state index is 0. The van der Waals surface area contributed by atoms with Gasteiger partial charge in [0.2, 0.25) is 0 Å². The van der Waals surface area contributed by atoms with Crippen LogP contribution in [0.15, 0.2) is 18.2 Å². The summed E-state index contributed by atoms with van der Waals surface area (Å²) < 4.78 is 1.99. The van der Waals surface area contributed by atoms with Crippen molar-refractivity contribution in [2.75, 3.05) is 31.1 Å². The van der Waals surface area contributed by atoms with E-state index < -0.39 is 0 Å². The molecule has 0 N–H and O–H groups in total. The van der Waals surface area contributed by atoms with Gasteiger partial charge in [0.25, 0.3) is 0 Å². The minimum atomic E-state index is 0. The third kappa shape index (κ3) is 5.03. The molecule has 1 aliphatic heterocycles. The fourth-order valence-corrected chi connectivity index (χ4v) is 3.99. The van der Waals surface area contributed by atoms with E-state index in [0.29, 0.717) is 5.92 Å². The van der Waals surface area contributed by atoms with Crippen LogP contribution in [0.4, 0.5) is 5.69 Å². The zero-order valence-corrected chi connectivity index (χ0v) is 18.9. The number of rotatable bonds is 6. The van der Waals surface area contributed by atoms with Crippen molar-refractivity contribution in [1.82, 2.24) is 25.1 Å². The Morgan fingerprint density at radius 3 is 2.29 bits per heavy atom. The van der Waals surface area contributed by atoms with E-state index in [1.165, 1.54) is 16.8 Å². The van der Waals surface area contributed by atoms with Crippen LogP contribution >= 0.6 is 12.4 Å². The number of hydrogen-bond donors (Lipinski definition) is 0. The zero-order valence-electron chi connectivity index (χ0n) is 18.1. The highest BCUT2D eigenvalue weighted by Crippen LogP contribution is 2.30. The lowest BCUT2D eigenvalue weighted by molar-refractivity contribution is 0.151. The van der Waals surface area contributed by atoms with E-state index in [9.17, 15) is 0 Å². The third-order valence-electron chi connectivity index (χ3n) is 5.46. The van der Waals surface area contributed by atoms with Crippen LogP contribution < -0.4 is 4.90 Å². The molecule has 0 spiro atoms. The average molecular weight is 407 g/mol. The summed E-state index contributed by atoms with van der Waals surface area (Å²) >= 11 is 0. The van der Waals surface area contributed by atoms with Crippen molar-refractivity contribution in [2.24, 2.45) is 5.92 Å². The Bertz CT molecular complexity index is 749. The SMILES string of the molecule is Cc1ccc(C)c(N2CCN(C(CC(C)C)c3nnnn3C(C)C)CC2)c1.Cl. The molecule has 28 heavy (non-hydrogen) atoms. The molecule has 6 nitrogen and oxygen atoms in total. The molecule has 1 atom stereocenters. The van der Waals surface area contributed by atoms with E-state index in [0.717, 1.165) is 38.4 Å². The highest BCUT2D eigenvalue weighted by atomic mass is 35.5. The number of piperazine rings is 1. The number of halogens is 1. The van der Waals surface area contributed by atoms with Gasteiger partial charge in [-0.1, -0.05) is 26.0 Å². The van der Waals surface area contributed by atoms with E-state index in [2.05, 4.69) is 85.1 Å². The number of benzene rings is 1. The van der Waals surface area contributed by atoms with Crippen molar-refractivity contribution in [3.8, 4) is 0 Å². The van der Waals surface area contributed by atoms with Gasteiger partial charge < -0.3 is 4.90 Å². The summed E-state index contributed by atoms with van der Waals surface area (Å²) in [5, 5.41) is 12.6. The second kappa shape index (κ2) is 9.70. The van der Waals surface area contributed by atoms with Crippen molar-refractivity contribution < 1.29 is 0 Å². The molecular formula is C21H35ClN6. The van der Waals surface area contributed by atoms with Gasteiger partial charge in [0.15, 0.2) is 5.82 Å². The van der Waals surface area contributed by atoms with Gasteiger partial charge in [0, 0.05) is 31.9 Å². The maximum atomic E-state index is 4.42. The summed E-state index contributed by atoms with van der Waals surface area (Å²) in [7, 11) is 0. The van der Waals surface area contributed by atoms with E-state index in [-0.39, 0.29) is 24.5 Å². The molecule has 1 aromatic carbocycles. The van der Waals surface area contributed by atoms with Gasteiger partial charge in [-0.25, -0.2) is 4.68 Å².